The van der Waals surface area contributed by atoms with E-state index < -0.39 is 0 Å². The van der Waals surface area contributed by atoms with Gasteiger partial charge in [0.1, 0.15) is 5.82 Å². The van der Waals surface area contributed by atoms with Gasteiger partial charge >= 0.3 is 0 Å². The molecule has 0 radical (unpaired) electrons. The van der Waals surface area contributed by atoms with E-state index in [1.54, 1.807) is 0 Å². The molecule has 35 heavy (non-hydrogen) atoms. The first-order chi connectivity index (χ1) is 17.0. The minimum atomic E-state index is -0.0283. The van der Waals surface area contributed by atoms with Gasteiger partial charge in [-0.2, -0.15) is 0 Å². The molecule has 1 saturated heterocycles. The molecule has 0 unspecified atom stereocenters. The maximum atomic E-state index is 12.7. The second-order valence-electron chi connectivity index (χ2n) is 8.51. The summed E-state index contributed by atoms with van der Waals surface area (Å²) in [5.41, 5.74) is 4.07. The van der Waals surface area contributed by atoms with Crippen molar-refractivity contribution in [3.63, 3.8) is 0 Å². The van der Waals surface area contributed by atoms with E-state index in [9.17, 15) is 9.59 Å². The molecule has 9 heteroatoms. The zero-order chi connectivity index (χ0) is 24.6. The number of anilines is 1. The first kappa shape index (κ1) is 24.7. The molecule has 1 aromatic heterocycles. The molecule has 0 bridgehead atoms. The molecule has 3 aromatic rings. The summed E-state index contributed by atoms with van der Waals surface area (Å²) in [6.45, 7) is 6.86. The van der Waals surface area contributed by atoms with Crippen LogP contribution in [0.5, 0.6) is 0 Å². The quantitative estimate of drug-likeness (QED) is 0.470. The Morgan fingerprint density at radius 2 is 1.71 bits per heavy atom. The van der Waals surface area contributed by atoms with Crippen LogP contribution in [0.4, 0.5) is 5.69 Å². The molecular formula is C26H30N6O2S. The number of aromatic amines is 1. The summed E-state index contributed by atoms with van der Waals surface area (Å²) >= 11 is 1.32. The fourth-order valence-corrected chi connectivity index (χ4v) is 4.61. The summed E-state index contributed by atoms with van der Waals surface area (Å²) < 4.78 is 0. The Kier molecular flexibility index (Phi) is 8.33. The van der Waals surface area contributed by atoms with Gasteiger partial charge in [0.05, 0.1) is 12.3 Å². The van der Waals surface area contributed by atoms with Crippen LogP contribution in [0.2, 0.25) is 0 Å². The summed E-state index contributed by atoms with van der Waals surface area (Å²) in [4.78, 5) is 33.5. The van der Waals surface area contributed by atoms with Gasteiger partial charge in [0.25, 0.3) is 0 Å². The van der Waals surface area contributed by atoms with Crippen molar-refractivity contribution in [3.8, 4) is 0 Å². The third-order valence-electron chi connectivity index (χ3n) is 5.88. The molecule has 2 N–H and O–H groups in total. The Hall–Kier alpha value is -3.43. The molecule has 0 aliphatic carbocycles. The molecule has 1 aliphatic heterocycles. The number of carbonyl (C=O) groups excluding carboxylic acids is 2. The molecule has 2 heterocycles. The zero-order valence-electron chi connectivity index (χ0n) is 20.0. The van der Waals surface area contributed by atoms with Crippen molar-refractivity contribution in [3.05, 3.63) is 71.0 Å². The van der Waals surface area contributed by atoms with Crippen molar-refractivity contribution in [2.24, 2.45) is 0 Å². The molecule has 8 nitrogen and oxygen atoms in total. The van der Waals surface area contributed by atoms with E-state index in [4.69, 9.17) is 0 Å². The Labute approximate surface area is 209 Å². The van der Waals surface area contributed by atoms with Gasteiger partial charge in [-0.3, -0.25) is 19.6 Å². The summed E-state index contributed by atoms with van der Waals surface area (Å²) in [6, 6.07) is 15.9. The van der Waals surface area contributed by atoms with Gasteiger partial charge < -0.3 is 10.2 Å². The minimum Gasteiger partial charge on any atom is -0.339 e. The lowest BCUT2D eigenvalue weighted by molar-refractivity contribution is -0.130. The number of hydrogen-bond donors (Lipinski definition) is 2. The van der Waals surface area contributed by atoms with E-state index in [0.29, 0.717) is 43.7 Å². The number of nitrogens with zero attached hydrogens (tertiary/aromatic N) is 4. The highest BCUT2D eigenvalue weighted by Crippen LogP contribution is 2.19. The number of benzene rings is 2. The van der Waals surface area contributed by atoms with Gasteiger partial charge in [-0.1, -0.05) is 66.4 Å². The highest BCUT2D eigenvalue weighted by atomic mass is 32.2. The third-order valence-corrected chi connectivity index (χ3v) is 6.71. The molecule has 1 fully saturated rings. The predicted molar refractivity (Wildman–Crippen MR) is 140 cm³/mol. The van der Waals surface area contributed by atoms with Gasteiger partial charge in [0.15, 0.2) is 0 Å². The van der Waals surface area contributed by atoms with Crippen LogP contribution in [0.1, 0.15) is 22.5 Å². The first-order valence-electron chi connectivity index (χ1n) is 11.6. The monoisotopic (exact) mass is 490 g/mol. The van der Waals surface area contributed by atoms with Gasteiger partial charge in [0, 0.05) is 31.9 Å². The summed E-state index contributed by atoms with van der Waals surface area (Å²) in [6.07, 6.45) is 3.83. The lowest BCUT2D eigenvalue weighted by Gasteiger charge is -2.34. The van der Waals surface area contributed by atoms with E-state index >= 15 is 0 Å². The third kappa shape index (κ3) is 7.03. The SMILES string of the molecule is Cc1cccc(C)c1NC(=O)CN1CCN(C(=O)CSc2n[nH]c(/C=C/c3ccccc3)n2)CC1. The van der Waals surface area contributed by atoms with Crippen LogP contribution in [-0.2, 0) is 9.59 Å². The molecule has 4 rings (SSSR count). The number of para-hydroxylation sites is 1. The van der Waals surface area contributed by atoms with Crippen LogP contribution in [0.3, 0.4) is 0 Å². The number of amides is 2. The number of nitrogens with one attached hydrogen (secondary N) is 2. The summed E-state index contributed by atoms with van der Waals surface area (Å²) in [7, 11) is 0. The van der Waals surface area contributed by atoms with Crippen LogP contribution >= 0.6 is 11.8 Å². The smallest absolute Gasteiger partial charge is 0.238 e. The Balaban J connectivity index is 1.19. The molecule has 0 saturated carbocycles. The number of thioether (sulfide) groups is 1. The number of aromatic nitrogens is 3. The van der Waals surface area contributed by atoms with Gasteiger partial charge in [-0.25, -0.2) is 4.98 Å². The minimum absolute atomic E-state index is 0.0283. The van der Waals surface area contributed by atoms with E-state index in [1.807, 2.05) is 79.4 Å². The van der Waals surface area contributed by atoms with E-state index in [1.165, 1.54) is 11.8 Å². The fraction of sp³-hybridized carbons (Fsp3) is 0.308. The fourth-order valence-electron chi connectivity index (χ4n) is 3.90. The molecule has 2 amide bonds. The number of hydrogen-bond acceptors (Lipinski definition) is 6. The van der Waals surface area contributed by atoms with Crippen LogP contribution in [0, 0.1) is 13.8 Å². The molecule has 182 valence electrons. The van der Waals surface area contributed by atoms with Crippen molar-refractivity contribution < 1.29 is 9.59 Å². The summed E-state index contributed by atoms with van der Waals surface area (Å²) in [5.74, 6) is 0.962. The van der Waals surface area contributed by atoms with Crippen LogP contribution in [-0.4, -0.2) is 75.3 Å². The highest BCUT2D eigenvalue weighted by Gasteiger charge is 2.23. The molecule has 2 aromatic carbocycles. The van der Waals surface area contributed by atoms with Crippen molar-refractivity contribution in [1.82, 2.24) is 25.0 Å². The molecule has 0 spiro atoms. The predicted octanol–water partition coefficient (Wildman–Crippen LogP) is 3.47. The van der Waals surface area contributed by atoms with Crippen LogP contribution < -0.4 is 5.32 Å². The van der Waals surface area contributed by atoms with Crippen molar-refractivity contribution in [2.75, 3.05) is 43.8 Å². The topological polar surface area (TPSA) is 94.2 Å². The number of H-pyrrole nitrogens is 1. The van der Waals surface area contributed by atoms with E-state index in [2.05, 4.69) is 25.4 Å². The molecule has 1 aliphatic rings. The van der Waals surface area contributed by atoms with Crippen LogP contribution in [0.25, 0.3) is 12.2 Å². The molecular weight excluding hydrogens is 460 g/mol. The Morgan fingerprint density at radius 1 is 1.00 bits per heavy atom. The average molecular weight is 491 g/mol. The normalized spacial score (nSPS) is 14.4. The standard InChI is InChI=1S/C26H30N6O2S/c1-19-7-6-8-20(2)25(19)28-23(33)17-31-13-15-32(16-14-31)24(34)18-35-26-27-22(29-30-26)12-11-21-9-4-3-5-10-21/h3-12H,13-18H2,1-2H3,(H,28,33)(H,27,29,30)/b12-11+. The number of aryl methyl sites for hydroxylation is 2. The lowest BCUT2D eigenvalue weighted by Crippen LogP contribution is -2.50. The van der Waals surface area contributed by atoms with Gasteiger partial charge in [0.2, 0.25) is 17.0 Å². The van der Waals surface area contributed by atoms with Gasteiger partial charge in [-0.05, 0) is 36.6 Å². The van der Waals surface area contributed by atoms with E-state index in [-0.39, 0.29) is 17.6 Å². The van der Waals surface area contributed by atoms with Crippen molar-refractivity contribution in [1.29, 1.82) is 0 Å². The number of piperazine rings is 1. The second-order valence-corrected chi connectivity index (χ2v) is 9.45. The maximum absolute atomic E-state index is 12.7. The average Bonchev–Trinajstić information content (AvgIpc) is 3.32. The lowest BCUT2D eigenvalue weighted by atomic mass is 10.1. The molecule has 0 atom stereocenters. The first-order valence-corrected chi connectivity index (χ1v) is 12.6. The van der Waals surface area contributed by atoms with Crippen molar-refractivity contribution in [2.45, 2.75) is 19.0 Å². The highest BCUT2D eigenvalue weighted by molar-refractivity contribution is 7.99. The largest absolute Gasteiger partial charge is 0.339 e. The number of rotatable bonds is 8. The zero-order valence-corrected chi connectivity index (χ0v) is 20.8. The van der Waals surface area contributed by atoms with Crippen LogP contribution in [0.15, 0.2) is 53.7 Å². The second kappa shape index (κ2) is 11.8. The maximum Gasteiger partial charge on any atom is 0.238 e. The van der Waals surface area contributed by atoms with Crippen molar-refractivity contribution >= 4 is 41.4 Å². The van der Waals surface area contributed by atoms with Gasteiger partial charge in [-0.15, -0.1) is 5.10 Å². The summed E-state index contributed by atoms with van der Waals surface area (Å²) in [5, 5.41) is 10.7. The Morgan fingerprint density at radius 3 is 2.43 bits per heavy atom. The number of carbonyl (C=O) groups is 2. The van der Waals surface area contributed by atoms with E-state index in [0.717, 1.165) is 22.4 Å². The Bertz CT molecular complexity index is 1170.